The molecule has 5 N–H and O–H groups in total. The second-order valence-corrected chi connectivity index (χ2v) is 10.9. The van der Waals surface area contributed by atoms with E-state index in [2.05, 4.69) is 16.3 Å². The number of rotatable bonds is 14. The van der Waals surface area contributed by atoms with E-state index in [4.69, 9.17) is 34.6 Å². The van der Waals surface area contributed by atoms with Crippen molar-refractivity contribution < 1.29 is 53.4 Å². The molecule has 1 heterocycles. The number of benzene rings is 2. The number of carboxylic acids is 3. The van der Waals surface area contributed by atoms with E-state index in [1.807, 2.05) is 24.3 Å². The first-order chi connectivity index (χ1) is 21.0. The van der Waals surface area contributed by atoms with E-state index in [-0.39, 0.29) is 11.4 Å². The Morgan fingerprint density at radius 1 is 1.00 bits per heavy atom. The largest absolute Gasteiger partial charge is 0.493 e. The zero-order chi connectivity index (χ0) is 32.2. The van der Waals surface area contributed by atoms with Gasteiger partial charge in [0, 0.05) is 37.3 Å². The molecule has 12 nitrogen and oxygen atoms in total. The summed E-state index contributed by atoms with van der Waals surface area (Å²) in [5.74, 6) is -3.66. The van der Waals surface area contributed by atoms with Gasteiger partial charge in [-0.2, -0.15) is 0 Å². The van der Waals surface area contributed by atoms with Gasteiger partial charge >= 0.3 is 17.9 Å². The van der Waals surface area contributed by atoms with E-state index >= 15 is 0 Å². The fourth-order valence-corrected chi connectivity index (χ4v) is 5.41. The summed E-state index contributed by atoms with van der Waals surface area (Å²) in [6.45, 7) is 5.63. The molecule has 2 aromatic rings. The number of nitrogens with one attached hydrogen (secondary N) is 1. The van der Waals surface area contributed by atoms with E-state index in [0.29, 0.717) is 13.2 Å². The van der Waals surface area contributed by atoms with Crippen molar-refractivity contribution >= 4 is 17.9 Å². The number of carboxylic acid groups (broad SMARTS) is 3. The van der Waals surface area contributed by atoms with E-state index < -0.39 is 36.4 Å². The number of hydrogen-bond acceptors (Lipinski definition) is 9. The smallest absolute Gasteiger partial charge is 0.336 e. The van der Waals surface area contributed by atoms with Gasteiger partial charge < -0.3 is 40.0 Å². The molecule has 2 aromatic carbocycles. The monoisotopic (exact) mass is 620 g/mol. The van der Waals surface area contributed by atoms with Gasteiger partial charge in [0.05, 0.1) is 33.2 Å². The fraction of sp³-hybridized carbons (Fsp3) is 0.516. The molecule has 0 aromatic heterocycles. The average Bonchev–Trinajstić information content (AvgIpc) is 3.46. The Bertz CT molecular complexity index is 1250. The fourth-order valence-electron chi connectivity index (χ4n) is 5.41. The minimum atomic E-state index is -2.74. The molecule has 4 rings (SSSR count). The summed E-state index contributed by atoms with van der Waals surface area (Å²) in [5.41, 5.74) is -1.16. The van der Waals surface area contributed by atoms with Gasteiger partial charge in [-0.3, -0.25) is 14.5 Å². The second kappa shape index (κ2) is 16.3. The summed E-state index contributed by atoms with van der Waals surface area (Å²) in [7, 11) is 1.67. The Morgan fingerprint density at radius 2 is 1.64 bits per heavy atom. The normalized spacial score (nSPS) is 16.4. The number of aliphatic hydroxyl groups is 1. The minimum absolute atomic E-state index is 0.126. The van der Waals surface area contributed by atoms with Crippen LogP contribution in [0.1, 0.15) is 49.7 Å². The zero-order valence-electron chi connectivity index (χ0n) is 24.8. The molecule has 0 unspecified atom stereocenters. The maximum Gasteiger partial charge on any atom is 0.336 e. The summed E-state index contributed by atoms with van der Waals surface area (Å²) in [5, 5.41) is 37.5. The molecule has 2 aliphatic rings. The van der Waals surface area contributed by atoms with Crippen LogP contribution >= 0.6 is 0 Å². The molecule has 1 aliphatic heterocycles. The van der Waals surface area contributed by atoms with Gasteiger partial charge in [0.1, 0.15) is 12.4 Å². The number of halogens is 1. The Balaban J connectivity index is 0.000000345. The highest BCUT2D eigenvalue weighted by Crippen LogP contribution is 2.40. The average molecular weight is 621 g/mol. The van der Waals surface area contributed by atoms with Gasteiger partial charge in [0.25, 0.3) is 0 Å². The molecule has 44 heavy (non-hydrogen) atoms. The van der Waals surface area contributed by atoms with Gasteiger partial charge in [0.2, 0.25) is 0 Å². The van der Waals surface area contributed by atoms with Crippen molar-refractivity contribution in [2.75, 3.05) is 46.6 Å². The summed E-state index contributed by atoms with van der Waals surface area (Å²) in [4.78, 5) is 32.8. The summed E-state index contributed by atoms with van der Waals surface area (Å²) in [6.07, 6.45) is 1.84. The molecular formula is C31H41FN2O10. The van der Waals surface area contributed by atoms with E-state index in [0.717, 1.165) is 81.2 Å². The van der Waals surface area contributed by atoms with Crippen molar-refractivity contribution in [1.82, 2.24) is 10.2 Å². The third kappa shape index (κ3) is 9.88. The summed E-state index contributed by atoms with van der Waals surface area (Å²) >= 11 is 0. The third-order valence-corrected chi connectivity index (χ3v) is 7.76. The summed E-state index contributed by atoms with van der Waals surface area (Å²) in [6, 6.07) is 13.2. The summed E-state index contributed by atoms with van der Waals surface area (Å²) < 4.78 is 31.5. The van der Waals surface area contributed by atoms with Crippen molar-refractivity contribution in [3.8, 4) is 11.5 Å². The van der Waals surface area contributed by atoms with Crippen LogP contribution in [-0.2, 0) is 31.2 Å². The molecule has 0 radical (unpaired) electrons. The molecule has 1 saturated heterocycles. The van der Waals surface area contributed by atoms with Crippen LogP contribution in [0.3, 0.4) is 0 Å². The van der Waals surface area contributed by atoms with Gasteiger partial charge in [0.15, 0.2) is 17.1 Å². The van der Waals surface area contributed by atoms with E-state index in [1.54, 1.807) is 19.2 Å². The molecule has 0 atom stereocenters. The predicted molar refractivity (Wildman–Crippen MR) is 156 cm³/mol. The molecule has 242 valence electrons. The first-order valence-corrected chi connectivity index (χ1v) is 14.5. The molecule has 2 fully saturated rings. The van der Waals surface area contributed by atoms with Gasteiger partial charge in [-0.15, -0.1) is 0 Å². The van der Waals surface area contributed by atoms with Crippen molar-refractivity contribution in [3.63, 3.8) is 0 Å². The number of morpholine rings is 1. The highest BCUT2D eigenvalue weighted by molar-refractivity contribution is 5.88. The molecule has 1 saturated carbocycles. The number of aliphatic carboxylic acids is 3. The molecule has 0 amide bonds. The quantitative estimate of drug-likeness (QED) is 0.209. The molecule has 13 heteroatoms. The van der Waals surface area contributed by atoms with Gasteiger partial charge in [-0.1, -0.05) is 37.1 Å². The zero-order valence-corrected chi connectivity index (χ0v) is 24.8. The van der Waals surface area contributed by atoms with E-state index in [9.17, 15) is 18.8 Å². The third-order valence-electron chi connectivity index (χ3n) is 7.76. The van der Waals surface area contributed by atoms with Gasteiger partial charge in [-0.05, 0) is 36.6 Å². The highest BCUT2D eigenvalue weighted by atomic mass is 19.1. The van der Waals surface area contributed by atoms with Crippen LogP contribution in [0, 0.1) is 5.82 Å². The minimum Gasteiger partial charge on any atom is -0.493 e. The number of hydrogen-bond donors (Lipinski definition) is 5. The lowest BCUT2D eigenvalue weighted by Crippen LogP contribution is -2.42. The molecular weight excluding hydrogens is 579 g/mol. The maximum absolute atomic E-state index is 14.5. The maximum atomic E-state index is 14.5. The van der Waals surface area contributed by atoms with Crippen molar-refractivity contribution in [2.45, 2.75) is 56.2 Å². The molecule has 0 bridgehead atoms. The lowest BCUT2D eigenvalue weighted by Gasteiger charge is -2.32. The first kappa shape index (κ1) is 34.7. The van der Waals surface area contributed by atoms with Crippen molar-refractivity contribution in [2.24, 2.45) is 0 Å². The molecule has 1 aliphatic carbocycles. The van der Waals surface area contributed by atoms with Crippen molar-refractivity contribution in [1.29, 1.82) is 0 Å². The van der Waals surface area contributed by atoms with Gasteiger partial charge in [-0.25, -0.2) is 9.18 Å². The SMILES string of the molecule is COc1cc(CNC2(c3ccccc3F)CCCC2)ccc1OCCN1CCOCC1.O=C(O)CC(O)(CC(=O)O)C(=O)O. The van der Waals surface area contributed by atoms with Crippen molar-refractivity contribution in [3.05, 3.63) is 59.4 Å². The number of nitrogens with zero attached hydrogens (tertiary/aromatic N) is 1. The standard InChI is InChI=1S/C25H33FN2O3.C6H8O7/c1-29-24-18-20(8-9-23(24)31-17-14-28-12-15-30-16-13-28)19-27-25(10-4-5-11-25)21-6-2-3-7-22(21)26;7-3(8)1-6(13,5(11)12)2-4(9)10/h2-3,6-9,18,27H,4-5,10-17,19H2,1H3;13H,1-2H2,(H,7,8)(H,9,10)(H,11,12). The highest BCUT2D eigenvalue weighted by Gasteiger charge is 2.41. The second-order valence-electron chi connectivity index (χ2n) is 10.9. The lowest BCUT2D eigenvalue weighted by atomic mass is 9.87. The van der Waals surface area contributed by atoms with Crippen LogP contribution in [0.5, 0.6) is 11.5 Å². The Hall–Kier alpha value is -3.78. The van der Waals surface area contributed by atoms with E-state index in [1.165, 1.54) is 0 Å². The Kier molecular flexibility index (Phi) is 12.9. The van der Waals surface area contributed by atoms with Crippen LogP contribution in [-0.4, -0.2) is 95.4 Å². The number of ether oxygens (including phenoxy) is 3. The number of carbonyl (C=O) groups is 3. The van der Waals surface area contributed by atoms with Crippen LogP contribution in [0.15, 0.2) is 42.5 Å². The Labute approximate surface area is 255 Å². The van der Waals surface area contributed by atoms with Crippen LogP contribution < -0.4 is 14.8 Å². The van der Waals surface area contributed by atoms with Crippen LogP contribution in [0.4, 0.5) is 4.39 Å². The topological polar surface area (TPSA) is 175 Å². The predicted octanol–water partition coefficient (Wildman–Crippen LogP) is 2.86. The Morgan fingerprint density at radius 3 is 2.20 bits per heavy atom. The van der Waals surface area contributed by atoms with Crippen LogP contribution in [0.25, 0.3) is 0 Å². The lowest BCUT2D eigenvalue weighted by molar-refractivity contribution is -0.170. The first-order valence-electron chi connectivity index (χ1n) is 14.5. The number of methoxy groups -OCH3 is 1. The molecule has 0 spiro atoms. The van der Waals surface area contributed by atoms with Crippen LogP contribution in [0.2, 0.25) is 0 Å².